The third-order valence-electron chi connectivity index (χ3n) is 3.77. The average molecular weight is 148 g/mol. The molecule has 0 heterocycles. The number of carbonyl (C=O) groups excluding carboxylic acids is 1. The predicted molar refractivity (Wildman–Crippen MR) is 42.0 cm³/mol. The number of fused-ring (bicyclic) bond motifs is 3. The first-order valence-corrected chi connectivity index (χ1v) is 4.57. The lowest BCUT2D eigenvalue weighted by molar-refractivity contribution is -0.137. The Morgan fingerprint density at radius 2 is 2.09 bits per heavy atom. The molecular weight excluding hydrogens is 136 g/mol. The fourth-order valence-electron chi connectivity index (χ4n) is 2.83. The molecule has 3 aliphatic rings. The Morgan fingerprint density at radius 3 is 2.73 bits per heavy atom. The molecule has 0 aromatic carbocycles. The van der Waals surface area contributed by atoms with Gasteiger partial charge in [0.15, 0.2) is 0 Å². The Kier molecular flexibility index (Phi) is 0.961. The van der Waals surface area contributed by atoms with Crippen molar-refractivity contribution in [1.82, 2.24) is 0 Å². The minimum atomic E-state index is 0.344. The van der Waals surface area contributed by atoms with Crippen LogP contribution in [0.25, 0.3) is 0 Å². The molecule has 0 radical (unpaired) electrons. The van der Waals surface area contributed by atoms with E-state index in [2.05, 4.69) is 12.2 Å². The fraction of sp³-hybridized carbons (Fsp3) is 0.700. The maximum Gasteiger partial charge on any atom is 0.140 e. The van der Waals surface area contributed by atoms with Crippen LogP contribution in [0.15, 0.2) is 12.2 Å². The van der Waals surface area contributed by atoms with Gasteiger partial charge in [0.05, 0.1) is 0 Å². The van der Waals surface area contributed by atoms with Crippen molar-refractivity contribution in [3.63, 3.8) is 0 Å². The Labute approximate surface area is 66.5 Å². The van der Waals surface area contributed by atoms with Crippen LogP contribution in [0.5, 0.6) is 0 Å². The highest BCUT2D eigenvalue weighted by atomic mass is 16.1. The van der Waals surface area contributed by atoms with Crippen LogP contribution in [0.3, 0.4) is 0 Å². The van der Waals surface area contributed by atoms with Gasteiger partial charge in [-0.25, -0.2) is 0 Å². The van der Waals surface area contributed by atoms with Crippen LogP contribution in [0, 0.1) is 23.7 Å². The molecule has 2 saturated carbocycles. The first kappa shape index (κ1) is 5.99. The molecule has 0 amide bonds. The van der Waals surface area contributed by atoms with E-state index in [1.807, 2.05) is 0 Å². The van der Waals surface area contributed by atoms with Gasteiger partial charge in [-0.3, -0.25) is 4.79 Å². The minimum absolute atomic E-state index is 0.344. The van der Waals surface area contributed by atoms with E-state index in [1.54, 1.807) is 0 Å². The van der Waals surface area contributed by atoms with Gasteiger partial charge in [-0.15, -0.1) is 0 Å². The van der Waals surface area contributed by atoms with E-state index < -0.39 is 0 Å². The molecule has 0 bridgehead atoms. The van der Waals surface area contributed by atoms with E-state index in [4.69, 9.17) is 0 Å². The highest BCUT2D eigenvalue weighted by Crippen LogP contribution is 2.53. The van der Waals surface area contributed by atoms with Crippen LogP contribution in [0.2, 0.25) is 0 Å². The Bertz CT molecular complexity index is 241. The van der Waals surface area contributed by atoms with Gasteiger partial charge >= 0.3 is 0 Å². The highest BCUT2D eigenvalue weighted by molar-refractivity contribution is 5.89. The summed E-state index contributed by atoms with van der Waals surface area (Å²) in [5.74, 6) is 3.33. The van der Waals surface area contributed by atoms with E-state index in [0.717, 1.165) is 24.2 Å². The van der Waals surface area contributed by atoms with Gasteiger partial charge < -0.3 is 0 Å². The minimum Gasteiger partial charge on any atom is -0.299 e. The third-order valence-corrected chi connectivity index (χ3v) is 3.77. The van der Waals surface area contributed by atoms with Crippen LogP contribution in [0.4, 0.5) is 0 Å². The molecule has 4 atom stereocenters. The summed E-state index contributed by atoms with van der Waals surface area (Å²) in [4.78, 5) is 11.1. The molecule has 11 heavy (non-hydrogen) atoms. The maximum absolute atomic E-state index is 11.1. The van der Waals surface area contributed by atoms with Gasteiger partial charge in [0.1, 0.15) is 5.78 Å². The molecule has 0 saturated heterocycles. The smallest absolute Gasteiger partial charge is 0.140 e. The maximum atomic E-state index is 11.1. The average Bonchev–Trinajstić information content (AvgIpc) is 1.93. The largest absolute Gasteiger partial charge is 0.299 e. The van der Waals surface area contributed by atoms with Crippen molar-refractivity contribution in [3.05, 3.63) is 12.2 Å². The van der Waals surface area contributed by atoms with E-state index >= 15 is 0 Å². The molecule has 58 valence electrons. The number of ketones is 1. The normalized spacial score (nSPS) is 52.2. The van der Waals surface area contributed by atoms with E-state index in [9.17, 15) is 4.79 Å². The Hall–Kier alpha value is -0.590. The lowest BCUT2D eigenvalue weighted by Gasteiger charge is -2.50. The lowest BCUT2D eigenvalue weighted by atomic mass is 9.53. The molecule has 4 unspecified atom stereocenters. The number of Topliss-reactive ketones (excluding diaryl/α,β-unsaturated/α-hetero) is 1. The summed E-state index contributed by atoms with van der Waals surface area (Å²) in [6.45, 7) is 0. The summed E-state index contributed by atoms with van der Waals surface area (Å²) in [5, 5.41) is 0. The van der Waals surface area contributed by atoms with Crippen molar-refractivity contribution in [2.24, 2.45) is 23.7 Å². The molecular formula is C10H12O. The molecule has 1 heteroatoms. The second-order valence-electron chi connectivity index (χ2n) is 4.15. The van der Waals surface area contributed by atoms with Crippen molar-refractivity contribution < 1.29 is 4.79 Å². The molecule has 2 fully saturated rings. The summed E-state index contributed by atoms with van der Waals surface area (Å²) in [6, 6.07) is 0. The number of rotatable bonds is 0. The monoisotopic (exact) mass is 148 g/mol. The van der Waals surface area contributed by atoms with Crippen LogP contribution >= 0.6 is 0 Å². The molecule has 3 aliphatic carbocycles. The zero-order chi connectivity index (χ0) is 7.42. The van der Waals surface area contributed by atoms with Crippen molar-refractivity contribution in [3.8, 4) is 0 Å². The van der Waals surface area contributed by atoms with Crippen molar-refractivity contribution >= 4 is 5.78 Å². The van der Waals surface area contributed by atoms with E-state index in [-0.39, 0.29) is 0 Å². The number of allylic oxidation sites excluding steroid dienone is 2. The van der Waals surface area contributed by atoms with Crippen LogP contribution < -0.4 is 0 Å². The number of hydrogen-bond donors (Lipinski definition) is 0. The zero-order valence-corrected chi connectivity index (χ0v) is 6.49. The molecule has 1 nitrogen and oxygen atoms in total. The molecule has 0 aromatic heterocycles. The van der Waals surface area contributed by atoms with Crippen molar-refractivity contribution in [2.45, 2.75) is 19.3 Å². The van der Waals surface area contributed by atoms with Gasteiger partial charge in [0.25, 0.3) is 0 Å². The summed E-state index contributed by atoms with van der Waals surface area (Å²) in [7, 11) is 0. The zero-order valence-electron chi connectivity index (χ0n) is 6.49. The summed E-state index contributed by atoms with van der Waals surface area (Å²) in [6.07, 6.45) is 8.08. The number of carbonyl (C=O) groups is 1. The molecule has 0 aliphatic heterocycles. The first-order chi connectivity index (χ1) is 5.36. The van der Waals surface area contributed by atoms with Gasteiger partial charge in [0.2, 0.25) is 0 Å². The van der Waals surface area contributed by atoms with Crippen LogP contribution in [-0.2, 0) is 4.79 Å². The standard InChI is InChI=1S/C10H12O/c11-10-5-9-7-3-1-6(7)2-4-8(9)10/h2,4,6-9H,1,3,5H2. The van der Waals surface area contributed by atoms with Gasteiger partial charge in [0, 0.05) is 12.3 Å². The van der Waals surface area contributed by atoms with Gasteiger partial charge in [-0.05, 0) is 30.6 Å². The first-order valence-electron chi connectivity index (χ1n) is 4.57. The van der Waals surface area contributed by atoms with Crippen LogP contribution in [-0.4, -0.2) is 5.78 Å². The van der Waals surface area contributed by atoms with Crippen molar-refractivity contribution in [2.75, 3.05) is 0 Å². The Balaban J connectivity index is 1.91. The summed E-state index contributed by atoms with van der Waals surface area (Å²) >= 11 is 0. The van der Waals surface area contributed by atoms with Gasteiger partial charge in [-0.1, -0.05) is 12.2 Å². The Morgan fingerprint density at radius 1 is 1.18 bits per heavy atom. The highest BCUT2D eigenvalue weighted by Gasteiger charge is 2.49. The SMILES string of the molecule is O=C1CC2C1C=CC1CCC12. The number of hydrogen-bond acceptors (Lipinski definition) is 1. The fourth-order valence-corrected chi connectivity index (χ4v) is 2.83. The second-order valence-corrected chi connectivity index (χ2v) is 4.15. The topological polar surface area (TPSA) is 17.1 Å². The molecule has 0 N–H and O–H groups in total. The van der Waals surface area contributed by atoms with E-state index in [1.165, 1.54) is 12.8 Å². The van der Waals surface area contributed by atoms with E-state index in [0.29, 0.717) is 11.7 Å². The third kappa shape index (κ3) is 0.597. The predicted octanol–water partition coefficient (Wildman–Crippen LogP) is 1.79. The van der Waals surface area contributed by atoms with Crippen molar-refractivity contribution in [1.29, 1.82) is 0 Å². The lowest BCUT2D eigenvalue weighted by Crippen LogP contribution is -2.48. The second kappa shape index (κ2) is 1.77. The quantitative estimate of drug-likeness (QED) is 0.479. The molecule has 0 spiro atoms. The molecule has 3 rings (SSSR count). The summed E-state index contributed by atoms with van der Waals surface area (Å²) < 4.78 is 0. The van der Waals surface area contributed by atoms with Gasteiger partial charge in [-0.2, -0.15) is 0 Å². The molecule has 0 aromatic rings. The van der Waals surface area contributed by atoms with Crippen LogP contribution in [0.1, 0.15) is 19.3 Å². The summed E-state index contributed by atoms with van der Waals surface area (Å²) in [5.41, 5.74) is 0.